The summed E-state index contributed by atoms with van der Waals surface area (Å²) < 4.78 is 0. The molecule has 1 saturated heterocycles. The second kappa shape index (κ2) is 10.1. The molecule has 1 unspecified atom stereocenters. The summed E-state index contributed by atoms with van der Waals surface area (Å²) in [5.41, 5.74) is 7.53. The molecule has 7 nitrogen and oxygen atoms in total. The Balaban J connectivity index is 1.69. The molecule has 0 amide bonds. The van der Waals surface area contributed by atoms with Gasteiger partial charge in [0.05, 0.1) is 10.0 Å². The van der Waals surface area contributed by atoms with Gasteiger partial charge in [0, 0.05) is 30.0 Å². The van der Waals surface area contributed by atoms with Crippen LogP contribution in [0.15, 0.2) is 29.3 Å². The topological polar surface area (TPSA) is 91.5 Å². The Labute approximate surface area is 181 Å². The number of nitrogens with two attached hydrogens (primary N) is 1. The fraction of sp³-hybridized carbons (Fsp3) is 0.450. The number of nitrogens with one attached hydrogen (secondary N) is 2. The summed E-state index contributed by atoms with van der Waals surface area (Å²) in [4.78, 5) is 15.7. The first-order chi connectivity index (χ1) is 13.9. The molecule has 0 saturated carbocycles. The van der Waals surface area contributed by atoms with Crippen molar-refractivity contribution in [3.8, 4) is 0 Å². The zero-order valence-electron chi connectivity index (χ0n) is 16.8. The van der Waals surface area contributed by atoms with Crippen molar-refractivity contribution in [1.82, 2.24) is 14.9 Å². The molecule has 0 radical (unpaired) electrons. The Hall–Kier alpha value is -2.09. The Morgan fingerprint density at radius 2 is 2.10 bits per heavy atom. The van der Waals surface area contributed by atoms with Crippen LogP contribution in [0.2, 0.25) is 10.0 Å². The quantitative estimate of drug-likeness (QED) is 0.458. The minimum Gasteiger partial charge on any atom is -0.369 e. The first-order valence-electron chi connectivity index (χ1n) is 9.83. The summed E-state index contributed by atoms with van der Waals surface area (Å²) in [7, 11) is 0. The molecule has 1 aromatic carbocycles. The van der Waals surface area contributed by atoms with E-state index in [1.165, 1.54) is 19.4 Å². The van der Waals surface area contributed by atoms with Crippen LogP contribution < -0.4 is 16.4 Å². The molecule has 1 aromatic heterocycles. The van der Waals surface area contributed by atoms with E-state index in [4.69, 9.17) is 28.9 Å². The van der Waals surface area contributed by atoms with Crippen LogP contribution in [0, 0.1) is 6.92 Å². The van der Waals surface area contributed by atoms with Gasteiger partial charge in [0.15, 0.2) is 0 Å². The molecule has 156 valence electrons. The van der Waals surface area contributed by atoms with Crippen LogP contribution in [0.3, 0.4) is 0 Å². The molecule has 2 heterocycles. The number of hydrogen-bond acceptors (Lipinski definition) is 5. The second-order valence-electron chi connectivity index (χ2n) is 7.23. The van der Waals surface area contributed by atoms with E-state index in [0.717, 1.165) is 31.0 Å². The molecule has 1 atom stereocenters. The number of benzene rings is 1. The molecule has 3 rings (SSSR count). The summed E-state index contributed by atoms with van der Waals surface area (Å²) in [5.74, 6) is 1.24. The molecule has 29 heavy (non-hydrogen) atoms. The van der Waals surface area contributed by atoms with Crippen LogP contribution >= 0.6 is 23.2 Å². The number of guanidine groups is 1. The maximum absolute atomic E-state index is 6.03. The van der Waals surface area contributed by atoms with Crippen molar-refractivity contribution in [3.05, 3.63) is 40.0 Å². The Kier molecular flexibility index (Phi) is 7.52. The van der Waals surface area contributed by atoms with Crippen molar-refractivity contribution in [2.45, 2.75) is 39.2 Å². The predicted molar refractivity (Wildman–Crippen MR) is 122 cm³/mol. The average molecular weight is 436 g/mol. The number of anilines is 2. The van der Waals surface area contributed by atoms with Gasteiger partial charge in [0.2, 0.25) is 5.96 Å². The summed E-state index contributed by atoms with van der Waals surface area (Å²) in [5, 5.41) is 7.42. The Bertz CT molecular complexity index is 870. The number of piperidine rings is 1. The van der Waals surface area contributed by atoms with Crippen molar-refractivity contribution in [1.29, 1.82) is 0 Å². The van der Waals surface area contributed by atoms with Crippen molar-refractivity contribution in [3.63, 3.8) is 0 Å². The highest BCUT2D eigenvalue weighted by Crippen LogP contribution is 2.25. The molecular weight excluding hydrogens is 409 g/mol. The van der Waals surface area contributed by atoms with Gasteiger partial charge in [-0.1, -0.05) is 30.1 Å². The van der Waals surface area contributed by atoms with E-state index in [1.807, 2.05) is 13.0 Å². The summed E-state index contributed by atoms with van der Waals surface area (Å²) >= 11 is 12.0. The lowest BCUT2D eigenvalue weighted by atomic mass is 10.1. The van der Waals surface area contributed by atoms with Gasteiger partial charge in [-0.3, -0.25) is 0 Å². The van der Waals surface area contributed by atoms with Crippen LogP contribution in [-0.2, 0) is 0 Å². The summed E-state index contributed by atoms with van der Waals surface area (Å²) in [6.45, 7) is 7.45. The summed E-state index contributed by atoms with van der Waals surface area (Å²) in [6, 6.07) is 7.44. The second-order valence-corrected chi connectivity index (χ2v) is 8.04. The molecule has 0 bridgehead atoms. The minimum atomic E-state index is 0.173. The highest BCUT2D eigenvalue weighted by molar-refractivity contribution is 6.42. The number of aliphatic imine (C=N–C) groups is 1. The SMILES string of the molecule is CCCN1CCCC(Nc2cc(C)nc(/N=C(\N)Nc3ccc(Cl)c(Cl)c3)n2)C1. The van der Waals surface area contributed by atoms with E-state index in [9.17, 15) is 0 Å². The molecular formula is C20H27Cl2N7. The Morgan fingerprint density at radius 1 is 1.28 bits per heavy atom. The zero-order valence-corrected chi connectivity index (χ0v) is 18.3. The van der Waals surface area contributed by atoms with Gasteiger partial charge in [-0.2, -0.15) is 9.98 Å². The maximum Gasteiger partial charge on any atom is 0.254 e. The van der Waals surface area contributed by atoms with Crippen molar-refractivity contribution in [2.75, 3.05) is 30.3 Å². The van der Waals surface area contributed by atoms with Gasteiger partial charge < -0.3 is 21.3 Å². The number of aromatic nitrogens is 2. The fourth-order valence-electron chi connectivity index (χ4n) is 3.44. The first-order valence-corrected chi connectivity index (χ1v) is 10.6. The molecule has 0 spiro atoms. The van der Waals surface area contributed by atoms with Crippen molar-refractivity contribution in [2.24, 2.45) is 10.7 Å². The third-order valence-corrected chi connectivity index (χ3v) is 5.39. The smallest absolute Gasteiger partial charge is 0.254 e. The normalized spacial score (nSPS) is 17.9. The Morgan fingerprint density at radius 3 is 2.86 bits per heavy atom. The number of likely N-dealkylation sites (tertiary alicyclic amines) is 1. The molecule has 0 aliphatic carbocycles. The standard InChI is InChI=1S/C20H27Cl2N7/c1-3-8-29-9-4-5-15(12-29)25-18-10-13(2)24-20(27-18)28-19(23)26-14-6-7-16(21)17(22)11-14/h6-7,10-11,15H,3-5,8-9,12H2,1-2H3,(H4,23,24,25,26,27,28). The van der Waals surface area contributed by atoms with Crippen LogP contribution in [0.25, 0.3) is 0 Å². The first kappa shape index (κ1) is 21.6. The largest absolute Gasteiger partial charge is 0.369 e. The molecule has 1 aliphatic rings. The molecule has 1 aliphatic heterocycles. The monoisotopic (exact) mass is 435 g/mol. The molecule has 2 aromatic rings. The number of halogens is 2. The lowest BCUT2D eigenvalue weighted by Gasteiger charge is -2.33. The maximum atomic E-state index is 6.03. The number of nitrogens with zero attached hydrogens (tertiary/aromatic N) is 4. The molecule has 4 N–H and O–H groups in total. The average Bonchev–Trinajstić information content (AvgIpc) is 2.65. The third kappa shape index (κ3) is 6.45. The predicted octanol–water partition coefficient (Wildman–Crippen LogP) is 4.44. The lowest BCUT2D eigenvalue weighted by Crippen LogP contribution is -2.42. The van der Waals surface area contributed by atoms with Gasteiger partial charge in [0.25, 0.3) is 5.95 Å². The molecule has 1 fully saturated rings. The highest BCUT2D eigenvalue weighted by atomic mass is 35.5. The van der Waals surface area contributed by atoms with Gasteiger partial charge in [-0.15, -0.1) is 0 Å². The zero-order chi connectivity index (χ0) is 20.8. The van der Waals surface area contributed by atoms with Crippen molar-refractivity contribution < 1.29 is 0 Å². The summed E-state index contributed by atoms with van der Waals surface area (Å²) in [6.07, 6.45) is 3.49. The molecule has 9 heteroatoms. The van der Waals surface area contributed by atoms with Gasteiger partial charge in [-0.05, 0) is 57.5 Å². The van der Waals surface area contributed by atoms with E-state index in [-0.39, 0.29) is 5.96 Å². The van der Waals surface area contributed by atoms with E-state index >= 15 is 0 Å². The number of hydrogen-bond donors (Lipinski definition) is 3. The lowest BCUT2D eigenvalue weighted by molar-refractivity contribution is 0.216. The van der Waals surface area contributed by atoms with Crippen LogP contribution in [0.5, 0.6) is 0 Å². The van der Waals surface area contributed by atoms with E-state index < -0.39 is 0 Å². The number of aryl methyl sites for hydroxylation is 1. The third-order valence-electron chi connectivity index (χ3n) is 4.65. The van der Waals surface area contributed by atoms with E-state index in [2.05, 4.69) is 37.4 Å². The van der Waals surface area contributed by atoms with Crippen LogP contribution in [0.1, 0.15) is 31.9 Å². The number of rotatable bonds is 6. The van der Waals surface area contributed by atoms with Crippen molar-refractivity contribution >= 4 is 46.6 Å². The van der Waals surface area contributed by atoms with Crippen LogP contribution in [-0.4, -0.2) is 46.5 Å². The van der Waals surface area contributed by atoms with Gasteiger partial charge in [-0.25, -0.2) is 4.98 Å². The van der Waals surface area contributed by atoms with Gasteiger partial charge in [0.1, 0.15) is 5.82 Å². The van der Waals surface area contributed by atoms with Crippen LogP contribution in [0.4, 0.5) is 17.5 Å². The fourth-order valence-corrected chi connectivity index (χ4v) is 3.73. The minimum absolute atomic E-state index is 0.173. The van der Waals surface area contributed by atoms with E-state index in [0.29, 0.717) is 27.7 Å². The van der Waals surface area contributed by atoms with E-state index in [1.54, 1.807) is 18.2 Å². The highest BCUT2D eigenvalue weighted by Gasteiger charge is 2.19. The van der Waals surface area contributed by atoms with Gasteiger partial charge >= 0.3 is 0 Å².